The van der Waals surface area contributed by atoms with Crippen molar-refractivity contribution < 1.29 is 14.3 Å². The molecule has 0 radical (unpaired) electrons. The largest absolute Gasteiger partial charge is 0.495 e. The first kappa shape index (κ1) is 22.8. The molecule has 1 aliphatic heterocycles. The molecule has 2 aromatic carbocycles. The number of rotatable bonds is 8. The summed E-state index contributed by atoms with van der Waals surface area (Å²) < 4.78 is 5.31. The first-order valence-corrected chi connectivity index (χ1v) is 10.8. The molecule has 7 heteroatoms. The molecule has 0 saturated carbocycles. The fourth-order valence-electron chi connectivity index (χ4n) is 3.80. The van der Waals surface area contributed by atoms with E-state index < -0.39 is 0 Å². The number of nitrogens with one attached hydrogen (secondary N) is 2. The number of benzene rings is 2. The fraction of sp³-hybridized carbons (Fsp3) is 0.417. The Morgan fingerprint density at radius 3 is 2.29 bits per heavy atom. The van der Waals surface area contributed by atoms with Gasteiger partial charge in [0, 0.05) is 31.9 Å². The van der Waals surface area contributed by atoms with Crippen molar-refractivity contribution in [3.05, 3.63) is 54.1 Å². The molecule has 1 heterocycles. The lowest BCUT2D eigenvalue weighted by molar-refractivity contribution is -0.122. The molecule has 0 unspecified atom stereocenters. The van der Waals surface area contributed by atoms with Gasteiger partial charge in [-0.05, 0) is 37.1 Å². The number of ether oxygens (including phenoxy) is 1. The predicted octanol–water partition coefficient (Wildman–Crippen LogP) is 2.84. The zero-order valence-electron chi connectivity index (χ0n) is 18.6. The highest BCUT2D eigenvalue weighted by Gasteiger charge is 2.26. The Morgan fingerprint density at radius 2 is 1.61 bits per heavy atom. The number of para-hydroxylation sites is 3. The Hall–Kier alpha value is -2.90. The average molecular weight is 425 g/mol. The SMILES string of the molecule is CCc1ccccc1NC(=O)CN1CCN([C@H](C)C(=O)Nc2ccccc2OC)CC1. The molecular weight excluding hydrogens is 392 g/mol. The molecule has 2 N–H and O–H groups in total. The maximum Gasteiger partial charge on any atom is 0.241 e. The van der Waals surface area contributed by atoms with E-state index >= 15 is 0 Å². The lowest BCUT2D eigenvalue weighted by atomic mass is 10.1. The molecule has 166 valence electrons. The Morgan fingerprint density at radius 1 is 0.968 bits per heavy atom. The van der Waals surface area contributed by atoms with Gasteiger partial charge in [-0.3, -0.25) is 19.4 Å². The van der Waals surface area contributed by atoms with Crippen LogP contribution in [0.1, 0.15) is 19.4 Å². The smallest absolute Gasteiger partial charge is 0.241 e. The van der Waals surface area contributed by atoms with Gasteiger partial charge >= 0.3 is 0 Å². The fourth-order valence-corrected chi connectivity index (χ4v) is 3.80. The van der Waals surface area contributed by atoms with Crippen molar-refractivity contribution in [2.24, 2.45) is 0 Å². The molecule has 2 amide bonds. The van der Waals surface area contributed by atoms with E-state index in [1.54, 1.807) is 7.11 Å². The minimum Gasteiger partial charge on any atom is -0.495 e. The van der Waals surface area contributed by atoms with Crippen LogP contribution in [0.5, 0.6) is 5.75 Å². The number of aryl methyl sites for hydroxylation is 1. The molecule has 0 aromatic heterocycles. The number of hydrogen-bond acceptors (Lipinski definition) is 5. The second-order valence-electron chi connectivity index (χ2n) is 7.74. The number of anilines is 2. The Balaban J connectivity index is 1.47. The first-order valence-electron chi connectivity index (χ1n) is 10.8. The zero-order chi connectivity index (χ0) is 22.2. The van der Waals surface area contributed by atoms with Gasteiger partial charge in [0.05, 0.1) is 25.4 Å². The summed E-state index contributed by atoms with van der Waals surface area (Å²) in [7, 11) is 1.59. The summed E-state index contributed by atoms with van der Waals surface area (Å²) in [5, 5.41) is 5.99. The van der Waals surface area contributed by atoms with Gasteiger partial charge < -0.3 is 15.4 Å². The number of piperazine rings is 1. The van der Waals surface area contributed by atoms with Crippen LogP contribution >= 0.6 is 0 Å². The van der Waals surface area contributed by atoms with Crippen LogP contribution in [0.4, 0.5) is 11.4 Å². The highest BCUT2D eigenvalue weighted by molar-refractivity contribution is 5.96. The third-order valence-electron chi connectivity index (χ3n) is 5.74. The van der Waals surface area contributed by atoms with Crippen molar-refractivity contribution in [1.82, 2.24) is 9.80 Å². The van der Waals surface area contributed by atoms with Crippen LogP contribution in [0.3, 0.4) is 0 Å². The highest BCUT2D eigenvalue weighted by atomic mass is 16.5. The van der Waals surface area contributed by atoms with E-state index in [0.29, 0.717) is 18.0 Å². The van der Waals surface area contributed by atoms with Crippen LogP contribution in [0, 0.1) is 0 Å². The van der Waals surface area contributed by atoms with E-state index in [4.69, 9.17) is 4.74 Å². The standard InChI is InChI=1S/C24H32N4O3/c1-4-19-9-5-6-10-20(19)25-23(29)17-27-13-15-28(16-14-27)18(2)24(30)26-21-11-7-8-12-22(21)31-3/h5-12,18H,4,13-17H2,1-3H3,(H,25,29)(H,26,30)/t18-/m1/s1. The Bertz CT molecular complexity index is 894. The Kier molecular flexibility index (Phi) is 8.03. The van der Waals surface area contributed by atoms with E-state index in [-0.39, 0.29) is 17.9 Å². The van der Waals surface area contributed by atoms with Crippen LogP contribution in [-0.4, -0.2) is 67.5 Å². The van der Waals surface area contributed by atoms with Gasteiger partial charge in [-0.25, -0.2) is 0 Å². The maximum atomic E-state index is 12.7. The summed E-state index contributed by atoms with van der Waals surface area (Å²) in [6.07, 6.45) is 0.879. The minimum absolute atomic E-state index is 0.00341. The first-order chi connectivity index (χ1) is 15.0. The van der Waals surface area contributed by atoms with Gasteiger partial charge in [-0.15, -0.1) is 0 Å². The van der Waals surface area contributed by atoms with Crippen LogP contribution in [0.25, 0.3) is 0 Å². The summed E-state index contributed by atoms with van der Waals surface area (Å²) in [6, 6.07) is 15.0. The average Bonchev–Trinajstić information content (AvgIpc) is 2.79. The molecule has 3 rings (SSSR count). The number of methoxy groups -OCH3 is 1. The number of hydrogen-bond donors (Lipinski definition) is 2. The summed E-state index contributed by atoms with van der Waals surface area (Å²) >= 11 is 0. The van der Waals surface area contributed by atoms with Gasteiger partial charge in [-0.2, -0.15) is 0 Å². The van der Waals surface area contributed by atoms with Crippen molar-refractivity contribution in [3.8, 4) is 5.75 Å². The van der Waals surface area contributed by atoms with E-state index in [1.807, 2.05) is 55.5 Å². The van der Waals surface area contributed by atoms with Gasteiger partial charge in [-0.1, -0.05) is 37.3 Å². The lowest BCUT2D eigenvalue weighted by Crippen LogP contribution is -2.53. The van der Waals surface area contributed by atoms with Gasteiger partial charge in [0.1, 0.15) is 5.75 Å². The maximum absolute atomic E-state index is 12.7. The van der Waals surface area contributed by atoms with E-state index in [9.17, 15) is 9.59 Å². The second kappa shape index (κ2) is 10.9. The van der Waals surface area contributed by atoms with Crippen molar-refractivity contribution >= 4 is 23.2 Å². The van der Waals surface area contributed by atoms with Gasteiger partial charge in [0.2, 0.25) is 11.8 Å². The second-order valence-corrected chi connectivity index (χ2v) is 7.74. The molecule has 1 fully saturated rings. The topological polar surface area (TPSA) is 73.9 Å². The lowest BCUT2D eigenvalue weighted by Gasteiger charge is -2.37. The summed E-state index contributed by atoms with van der Waals surface area (Å²) in [5.41, 5.74) is 2.69. The van der Waals surface area contributed by atoms with Crippen LogP contribution in [0.2, 0.25) is 0 Å². The van der Waals surface area contributed by atoms with Crippen LogP contribution < -0.4 is 15.4 Å². The van der Waals surface area contributed by atoms with E-state index in [0.717, 1.165) is 43.9 Å². The summed E-state index contributed by atoms with van der Waals surface area (Å²) in [5.74, 6) is 0.576. The van der Waals surface area contributed by atoms with Gasteiger partial charge in [0.25, 0.3) is 0 Å². The summed E-state index contributed by atoms with van der Waals surface area (Å²) in [6.45, 7) is 7.31. The molecule has 31 heavy (non-hydrogen) atoms. The van der Waals surface area contributed by atoms with Crippen LogP contribution in [0.15, 0.2) is 48.5 Å². The number of amides is 2. The molecule has 7 nitrogen and oxygen atoms in total. The quantitative estimate of drug-likeness (QED) is 0.682. The summed E-state index contributed by atoms with van der Waals surface area (Å²) in [4.78, 5) is 29.5. The van der Waals surface area contributed by atoms with Crippen molar-refractivity contribution in [2.45, 2.75) is 26.3 Å². The molecule has 1 aliphatic rings. The highest BCUT2D eigenvalue weighted by Crippen LogP contribution is 2.23. The van der Waals surface area contributed by atoms with E-state index in [2.05, 4.69) is 27.4 Å². The molecule has 0 bridgehead atoms. The normalized spacial score (nSPS) is 15.8. The predicted molar refractivity (Wildman–Crippen MR) is 124 cm³/mol. The van der Waals surface area contributed by atoms with Crippen molar-refractivity contribution in [3.63, 3.8) is 0 Å². The molecule has 0 spiro atoms. The molecule has 0 aliphatic carbocycles. The van der Waals surface area contributed by atoms with Gasteiger partial charge in [0.15, 0.2) is 0 Å². The monoisotopic (exact) mass is 424 g/mol. The number of carbonyl (C=O) groups is 2. The third kappa shape index (κ3) is 6.06. The number of nitrogens with zero attached hydrogens (tertiary/aromatic N) is 2. The molecular formula is C24H32N4O3. The van der Waals surface area contributed by atoms with Crippen LogP contribution in [-0.2, 0) is 16.0 Å². The number of carbonyl (C=O) groups excluding carboxylic acids is 2. The minimum atomic E-state index is -0.266. The van der Waals surface area contributed by atoms with Crippen molar-refractivity contribution in [1.29, 1.82) is 0 Å². The molecule has 2 aromatic rings. The molecule has 1 atom stereocenters. The molecule has 1 saturated heterocycles. The van der Waals surface area contributed by atoms with E-state index in [1.165, 1.54) is 0 Å². The Labute approximate surface area is 184 Å². The third-order valence-corrected chi connectivity index (χ3v) is 5.74. The van der Waals surface area contributed by atoms with Crippen molar-refractivity contribution in [2.75, 3.05) is 50.5 Å². The zero-order valence-corrected chi connectivity index (χ0v) is 18.6.